The third-order valence-electron chi connectivity index (χ3n) is 4.27. The quantitative estimate of drug-likeness (QED) is 0.525. The zero-order valence-electron chi connectivity index (χ0n) is 15.6. The average Bonchev–Trinajstić information content (AvgIpc) is 3.13. The minimum absolute atomic E-state index is 0.277. The van der Waals surface area contributed by atoms with Gasteiger partial charge in [0.1, 0.15) is 0 Å². The number of aromatic nitrogens is 3. The molecule has 0 radical (unpaired) electrons. The van der Waals surface area contributed by atoms with Gasteiger partial charge in [0.05, 0.1) is 23.4 Å². The molecule has 0 aliphatic carbocycles. The number of carbonyl (C=O) groups excluding carboxylic acids is 1. The summed E-state index contributed by atoms with van der Waals surface area (Å²) in [5, 5.41) is 6.34. The zero-order chi connectivity index (χ0) is 23.0. The SMILES string of the molecule is CC(NC(=O)c1cnn(-c2ccc(C(F)(F)F)cn2)c1C(F)(F)F)c1cccc(Cl)c1. The lowest BCUT2D eigenvalue weighted by molar-refractivity contribution is -0.143. The van der Waals surface area contributed by atoms with Crippen molar-refractivity contribution in [1.82, 2.24) is 20.1 Å². The summed E-state index contributed by atoms with van der Waals surface area (Å²) in [5.74, 6) is -1.60. The van der Waals surface area contributed by atoms with Gasteiger partial charge in [0.2, 0.25) is 0 Å². The van der Waals surface area contributed by atoms with Crippen molar-refractivity contribution in [2.75, 3.05) is 0 Å². The molecule has 5 nitrogen and oxygen atoms in total. The van der Waals surface area contributed by atoms with Gasteiger partial charge >= 0.3 is 12.4 Å². The predicted octanol–water partition coefficient (Wildman–Crippen LogP) is 5.45. The standard InChI is InChI=1S/C19H13ClF6N4O/c1-10(11-3-2-4-13(20)7-11)29-17(31)14-9-28-30(16(14)19(24,25)26)15-6-5-12(8-27-15)18(21,22)23/h2-10H,1H3,(H,29,31). The maximum atomic E-state index is 13.7. The van der Waals surface area contributed by atoms with E-state index in [0.717, 1.165) is 6.07 Å². The molecule has 12 heteroatoms. The first-order valence-corrected chi connectivity index (χ1v) is 9.01. The van der Waals surface area contributed by atoms with E-state index in [2.05, 4.69) is 15.4 Å². The van der Waals surface area contributed by atoms with Crippen molar-refractivity contribution < 1.29 is 31.1 Å². The Balaban J connectivity index is 1.95. The van der Waals surface area contributed by atoms with Gasteiger partial charge in [-0.2, -0.15) is 31.4 Å². The average molecular weight is 463 g/mol. The molecule has 0 spiro atoms. The molecule has 1 unspecified atom stereocenters. The third-order valence-corrected chi connectivity index (χ3v) is 4.51. The molecule has 1 amide bonds. The van der Waals surface area contributed by atoms with E-state index in [9.17, 15) is 31.1 Å². The molecule has 0 bridgehead atoms. The van der Waals surface area contributed by atoms with Gasteiger partial charge in [-0.25, -0.2) is 9.67 Å². The van der Waals surface area contributed by atoms with Gasteiger partial charge in [0.25, 0.3) is 5.91 Å². The van der Waals surface area contributed by atoms with Crippen LogP contribution in [0.4, 0.5) is 26.3 Å². The highest BCUT2D eigenvalue weighted by molar-refractivity contribution is 6.30. The van der Waals surface area contributed by atoms with Crippen LogP contribution in [0.3, 0.4) is 0 Å². The Labute approximate surface area is 176 Å². The van der Waals surface area contributed by atoms with Crippen LogP contribution in [0, 0.1) is 0 Å². The number of alkyl halides is 6. The third kappa shape index (κ3) is 4.98. The monoisotopic (exact) mass is 462 g/mol. The molecule has 1 atom stereocenters. The Morgan fingerprint density at radius 1 is 1.06 bits per heavy atom. The van der Waals surface area contributed by atoms with Crippen molar-refractivity contribution in [3.8, 4) is 5.82 Å². The highest BCUT2D eigenvalue weighted by Crippen LogP contribution is 2.34. The van der Waals surface area contributed by atoms with Crippen LogP contribution in [-0.2, 0) is 12.4 Å². The number of amides is 1. The van der Waals surface area contributed by atoms with Crippen molar-refractivity contribution in [2.45, 2.75) is 25.3 Å². The van der Waals surface area contributed by atoms with Crippen molar-refractivity contribution in [2.24, 2.45) is 0 Å². The molecule has 0 aliphatic heterocycles. The maximum Gasteiger partial charge on any atom is 0.434 e. The van der Waals surface area contributed by atoms with Crippen molar-refractivity contribution in [1.29, 1.82) is 0 Å². The number of halogens is 7. The van der Waals surface area contributed by atoms with Gasteiger partial charge in [0, 0.05) is 11.2 Å². The molecule has 0 saturated carbocycles. The van der Waals surface area contributed by atoms with Gasteiger partial charge in [-0.15, -0.1) is 0 Å². The molecule has 0 saturated heterocycles. The molecule has 1 aromatic carbocycles. The molecule has 31 heavy (non-hydrogen) atoms. The second kappa shape index (κ2) is 8.22. The Hall–Kier alpha value is -3.08. The summed E-state index contributed by atoms with van der Waals surface area (Å²) < 4.78 is 79.4. The lowest BCUT2D eigenvalue weighted by Gasteiger charge is -2.16. The summed E-state index contributed by atoms with van der Waals surface area (Å²) in [6, 6.07) is 7.04. The van der Waals surface area contributed by atoms with Gasteiger partial charge in [0.15, 0.2) is 11.5 Å². The van der Waals surface area contributed by atoms with E-state index >= 15 is 0 Å². The van der Waals surface area contributed by atoms with Crippen LogP contribution in [0.15, 0.2) is 48.8 Å². The second-order valence-electron chi connectivity index (χ2n) is 6.47. The Bertz CT molecular complexity index is 1090. The van der Waals surface area contributed by atoms with E-state index in [4.69, 9.17) is 11.6 Å². The summed E-state index contributed by atoms with van der Waals surface area (Å²) in [5.41, 5.74) is -2.84. The lowest BCUT2D eigenvalue weighted by Crippen LogP contribution is -2.29. The largest absolute Gasteiger partial charge is 0.434 e. The van der Waals surface area contributed by atoms with Gasteiger partial charge in [-0.3, -0.25) is 4.79 Å². The van der Waals surface area contributed by atoms with E-state index in [1.807, 2.05) is 0 Å². The zero-order valence-corrected chi connectivity index (χ0v) is 16.3. The van der Waals surface area contributed by atoms with Crippen LogP contribution in [0.25, 0.3) is 5.82 Å². The van der Waals surface area contributed by atoms with E-state index in [0.29, 0.717) is 29.0 Å². The minimum Gasteiger partial charge on any atom is -0.345 e. The maximum absolute atomic E-state index is 13.7. The van der Waals surface area contributed by atoms with Crippen LogP contribution >= 0.6 is 11.6 Å². The predicted molar refractivity (Wildman–Crippen MR) is 98.7 cm³/mol. The molecule has 3 rings (SSSR count). The van der Waals surface area contributed by atoms with E-state index < -0.39 is 46.9 Å². The smallest absolute Gasteiger partial charge is 0.345 e. The fraction of sp³-hybridized carbons (Fsp3) is 0.211. The van der Waals surface area contributed by atoms with Gasteiger partial charge < -0.3 is 5.32 Å². The fourth-order valence-electron chi connectivity index (χ4n) is 2.77. The normalized spacial score (nSPS) is 13.2. The molecule has 0 aliphatic rings. The number of rotatable bonds is 4. The molecular formula is C19H13ClF6N4O. The highest BCUT2D eigenvalue weighted by Gasteiger charge is 2.41. The number of hydrogen-bond donors (Lipinski definition) is 1. The number of nitrogens with one attached hydrogen (secondary N) is 1. The first-order valence-electron chi connectivity index (χ1n) is 8.63. The van der Waals surface area contributed by atoms with E-state index in [1.165, 1.54) is 0 Å². The summed E-state index contributed by atoms with van der Waals surface area (Å²) >= 11 is 5.89. The minimum atomic E-state index is -5.03. The van der Waals surface area contributed by atoms with Gasteiger partial charge in [-0.05, 0) is 36.8 Å². The van der Waals surface area contributed by atoms with Crippen LogP contribution in [0.5, 0.6) is 0 Å². The Morgan fingerprint density at radius 3 is 2.32 bits per heavy atom. The molecule has 0 fully saturated rings. The fourth-order valence-corrected chi connectivity index (χ4v) is 2.97. The van der Waals surface area contributed by atoms with Crippen molar-refractivity contribution in [3.63, 3.8) is 0 Å². The summed E-state index contributed by atoms with van der Waals surface area (Å²) in [7, 11) is 0. The molecular weight excluding hydrogens is 450 g/mol. The lowest BCUT2D eigenvalue weighted by atomic mass is 10.1. The van der Waals surface area contributed by atoms with Crippen LogP contribution in [0.1, 0.15) is 40.1 Å². The van der Waals surface area contributed by atoms with Crippen LogP contribution in [0.2, 0.25) is 5.02 Å². The topological polar surface area (TPSA) is 59.8 Å². The number of hydrogen-bond acceptors (Lipinski definition) is 3. The van der Waals surface area contributed by atoms with Crippen molar-refractivity contribution in [3.05, 3.63) is 76.2 Å². The highest BCUT2D eigenvalue weighted by atomic mass is 35.5. The molecule has 164 valence electrons. The Kier molecular flexibility index (Phi) is 5.99. The number of pyridine rings is 1. The molecule has 1 N–H and O–H groups in total. The van der Waals surface area contributed by atoms with Gasteiger partial charge in [-0.1, -0.05) is 23.7 Å². The number of nitrogens with zero attached hydrogens (tertiary/aromatic N) is 3. The van der Waals surface area contributed by atoms with E-state index in [1.54, 1.807) is 31.2 Å². The summed E-state index contributed by atoms with van der Waals surface area (Å²) in [6.45, 7) is 1.55. The van der Waals surface area contributed by atoms with Crippen LogP contribution < -0.4 is 5.32 Å². The number of benzene rings is 1. The molecule has 2 heterocycles. The first kappa shape index (κ1) is 22.6. The first-order chi connectivity index (χ1) is 14.4. The second-order valence-corrected chi connectivity index (χ2v) is 6.91. The number of carbonyl (C=O) groups is 1. The summed E-state index contributed by atoms with van der Waals surface area (Å²) in [4.78, 5) is 16.0. The molecule has 3 aromatic rings. The van der Waals surface area contributed by atoms with Crippen molar-refractivity contribution >= 4 is 17.5 Å². The molecule has 2 aromatic heterocycles. The summed E-state index contributed by atoms with van der Waals surface area (Å²) in [6.07, 6.45) is -8.67. The van der Waals surface area contributed by atoms with E-state index in [-0.39, 0.29) is 4.68 Å². The van der Waals surface area contributed by atoms with Crippen LogP contribution in [-0.4, -0.2) is 20.7 Å². The Morgan fingerprint density at radius 2 is 1.77 bits per heavy atom.